The van der Waals surface area contributed by atoms with E-state index < -0.39 is 11.2 Å². The fraction of sp³-hybridized carbons (Fsp3) is 0.750. The van der Waals surface area contributed by atoms with Crippen LogP contribution in [-0.2, 0) is 63.0 Å². The van der Waals surface area contributed by atoms with Crippen molar-refractivity contribution in [3.05, 3.63) is 35.6 Å². The number of carbonyl (C=O) groups excluding carboxylic acids is 1. The molecule has 1 rings (SSSR count). The summed E-state index contributed by atoms with van der Waals surface area (Å²) in [5.41, 5.74) is 7.40. The summed E-state index contributed by atoms with van der Waals surface area (Å²) < 4.78 is 27.3. The van der Waals surface area contributed by atoms with Crippen molar-refractivity contribution in [2.45, 2.75) is 91.4 Å². The second-order valence-electron chi connectivity index (χ2n) is 10.4. The second-order valence-corrected chi connectivity index (χ2v) is 10.4. The van der Waals surface area contributed by atoms with Crippen molar-refractivity contribution in [1.82, 2.24) is 0 Å². The summed E-state index contributed by atoms with van der Waals surface area (Å²) in [4.78, 5) is 11.5. The molecule has 0 saturated heterocycles. The van der Waals surface area contributed by atoms with Gasteiger partial charge in [-0.25, -0.2) is 0 Å². The summed E-state index contributed by atoms with van der Waals surface area (Å²) in [6.45, 7) is 14.9. The Hall–Kier alpha value is -0.606. The summed E-state index contributed by atoms with van der Waals surface area (Å²) in [5, 5.41) is 8.52. The van der Waals surface area contributed by atoms with Crippen LogP contribution in [0.25, 0.3) is 5.73 Å². The van der Waals surface area contributed by atoms with E-state index in [1.165, 1.54) is 0 Å². The SMILES string of the molecule is CC(C)(C)O.CC(C)(C)OC(=O)CCOCCOCCOCCCCCCOc1cccc(C[NH-])c1.[Y]. The van der Waals surface area contributed by atoms with Gasteiger partial charge in [0.15, 0.2) is 0 Å². The van der Waals surface area contributed by atoms with Gasteiger partial charge in [0.05, 0.1) is 51.7 Å². The molecule has 1 radical (unpaired) electrons. The Morgan fingerprint density at radius 1 is 0.811 bits per heavy atom. The molecule has 0 fully saturated rings. The number of benzene rings is 1. The fourth-order valence-corrected chi connectivity index (χ4v) is 2.68. The maximum Gasteiger partial charge on any atom is 0.308 e. The number of nitrogens with one attached hydrogen (secondary N) is 1. The number of hydrogen-bond donors (Lipinski definition) is 1. The van der Waals surface area contributed by atoms with Crippen LogP contribution >= 0.6 is 0 Å². The molecular weight excluding hydrogens is 551 g/mol. The van der Waals surface area contributed by atoms with Crippen LogP contribution in [0.1, 0.15) is 79.2 Å². The Labute approximate surface area is 250 Å². The summed E-state index contributed by atoms with van der Waals surface area (Å²) in [6, 6.07) is 7.73. The van der Waals surface area contributed by atoms with E-state index in [-0.39, 0.29) is 51.6 Å². The van der Waals surface area contributed by atoms with Gasteiger partial charge in [-0.2, -0.15) is 0 Å². The molecule has 213 valence electrons. The van der Waals surface area contributed by atoms with Crippen molar-refractivity contribution in [2.75, 3.05) is 46.2 Å². The summed E-state index contributed by atoms with van der Waals surface area (Å²) in [6.07, 6.45) is 4.52. The second kappa shape index (κ2) is 23.3. The van der Waals surface area contributed by atoms with Crippen molar-refractivity contribution in [1.29, 1.82) is 0 Å². The van der Waals surface area contributed by atoms with Gasteiger partial charge >= 0.3 is 5.97 Å². The molecule has 0 spiro atoms. The molecule has 0 heterocycles. The van der Waals surface area contributed by atoms with Crippen molar-refractivity contribution < 1.29 is 66.3 Å². The number of hydrogen-bond acceptors (Lipinski definition) is 7. The van der Waals surface area contributed by atoms with E-state index in [0.717, 1.165) is 43.6 Å². The van der Waals surface area contributed by atoms with E-state index >= 15 is 0 Å². The van der Waals surface area contributed by atoms with Gasteiger partial charge in [0, 0.05) is 39.3 Å². The Bertz CT molecular complexity index is 669. The normalized spacial score (nSPS) is 11.2. The molecule has 0 unspecified atom stereocenters. The van der Waals surface area contributed by atoms with Crippen LogP contribution in [0.4, 0.5) is 0 Å². The first-order chi connectivity index (χ1) is 16.9. The van der Waals surface area contributed by atoms with Gasteiger partial charge in [-0.05, 0) is 72.9 Å². The smallest absolute Gasteiger partial charge is 0.308 e. The average Bonchev–Trinajstić information content (AvgIpc) is 2.76. The van der Waals surface area contributed by atoms with Gasteiger partial charge in [-0.15, -0.1) is 6.54 Å². The maximum atomic E-state index is 11.5. The molecule has 1 aromatic rings. The molecule has 1 aromatic carbocycles. The molecule has 9 heteroatoms. The molecule has 0 atom stereocenters. The maximum absolute atomic E-state index is 11.5. The van der Waals surface area contributed by atoms with E-state index in [1.807, 2.05) is 45.0 Å². The Balaban J connectivity index is 0. The first kappa shape index (κ1) is 38.5. The van der Waals surface area contributed by atoms with E-state index in [0.29, 0.717) is 39.6 Å². The summed E-state index contributed by atoms with van der Waals surface area (Å²) >= 11 is 0. The van der Waals surface area contributed by atoms with E-state index in [9.17, 15) is 4.79 Å². The predicted molar refractivity (Wildman–Crippen MR) is 143 cm³/mol. The third kappa shape index (κ3) is 31.5. The van der Waals surface area contributed by atoms with Crippen LogP contribution in [0.3, 0.4) is 0 Å². The minimum atomic E-state index is -0.500. The largest absolute Gasteiger partial charge is 0.674 e. The molecule has 0 bridgehead atoms. The van der Waals surface area contributed by atoms with E-state index in [4.69, 9.17) is 34.5 Å². The van der Waals surface area contributed by atoms with Gasteiger partial charge in [-0.3, -0.25) is 4.79 Å². The Kier molecular flexibility index (Phi) is 24.3. The van der Waals surface area contributed by atoms with Crippen molar-refractivity contribution in [2.24, 2.45) is 0 Å². The molecule has 0 aromatic heterocycles. The van der Waals surface area contributed by atoms with Crippen LogP contribution in [0.5, 0.6) is 5.75 Å². The molecule has 0 aliphatic rings. The average molecular weight is 602 g/mol. The number of esters is 1. The minimum absolute atomic E-state index is 0. The topological polar surface area (TPSA) is 107 Å². The van der Waals surface area contributed by atoms with Crippen LogP contribution in [0.15, 0.2) is 24.3 Å². The first-order valence-electron chi connectivity index (χ1n) is 12.9. The minimum Gasteiger partial charge on any atom is -0.674 e. The van der Waals surface area contributed by atoms with Crippen LogP contribution in [-0.4, -0.2) is 68.5 Å². The van der Waals surface area contributed by atoms with Crippen molar-refractivity contribution in [3.63, 3.8) is 0 Å². The van der Waals surface area contributed by atoms with Gasteiger partial charge in [-0.1, -0.05) is 24.1 Å². The van der Waals surface area contributed by atoms with E-state index in [2.05, 4.69) is 0 Å². The third-order valence-electron chi connectivity index (χ3n) is 4.17. The number of aliphatic hydroxyl groups is 1. The van der Waals surface area contributed by atoms with Gasteiger partial charge in [0.2, 0.25) is 0 Å². The van der Waals surface area contributed by atoms with Gasteiger partial charge < -0.3 is 34.5 Å². The molecule has 0 aliphatic heterocycles. The molecule has 0 amide bonds. The monoisotopic (exact) mass is 601 g/mol. The van der Waals surface area contributed by atoms with Crippen LogP contribution < -0.4 is 4.74 Å². The zero-order valence-corrected chi connectivity index (χ0v) is 26.8. The number of rotatable bonds is 18. The number of unbranched alkanes of at least 4 members (excludes halogenated alkanes) is 3. The molecular formula is C28H50NO7Y-. The predicted octanol–water partition coefficient (Wildman–Crippen LogP) is 5.73. The molecule has 8 nitrogen and oxygen atoms in total. The fourth-order valence-electron chi connectivity index (χ4n) is 2.68. The number of carbonyl (C=O) groups is 1. The zero-order chi connectivity index (χ0) is 27.3. The molecule has 0 aliphatic carbocycles. The van der Waals surface area contributed by atoms with E-state index in [1.54, 1.807) is 20.8 Å². The molecule has 0 saturated carbocycles. The van der Waals surface area contributed by atoms with Gasteiger partial charge in [0.1, 0.15) is 11.4 Å². The standard InChI is InChI=1S/C24H40NO6.C4H10O.Y/c1-24(2,3)31-23(26)11-14-28-16-18-29-17-15-27-12-6-4-5-7-13-30-22-10-8-9-21(19-22)20-25;1-4(2,3)5;/h8-10,19,25H,4-7,11-18,20H2,1-3H3;5H,1-3H3;/q-1;;. The Morgan fingerprint density at radius 3 is 1.86 bits per heavy atom. The summed E-state index contributed by atoms with van der Waals surface area (Å²) in [5.74, 6) is 0.603. The van der Waals surface area contributed by atoms with Crippen molar-refractivity contribution >= 4 is 5.97 Å². The zero-order valence-electron chi connectivity index (χ0n) is 24.0. The van der Waals surface area contributed by atoms with Crippen molar-refractivity contribution in [3.8, 4) is 5.75 Å². The molecule has 2 N–H and O–H groups in total. The third-order valence-corrected chi connectivity index (χ3v) is 4.17. The quantitative estimate of drug-likeness (QED) is 0.169. The Morgan fingerprint density at radius 2 is 1.32 bits per heavy atom. The molecule has 37 heavy (non-hydrogen) atoms. The number of ether oxygens (including phenoxy) is 5. The van der Waals surface area contributed by atoms with Crippen LogP contribution in [0.2, 0.25) is 0 Å². The van der Waals surface area contributed by atoms with Gasteiger partial charge in [0.25, 0.3) is 0 Å². The van der Waals surface area contributed by atoms with Crippen LogP contribution in [0, 0.1) is 0 Å². The first-order valence-corrected chi connectivity index (χ1v) is 12.9. The summed E-state index contributed by atoms with van der Waals surface area (Å²) in [7, 11) is 0.